The first-order valence-corrected chi connectivity index (χ1v) is 12.6. The lowest BCUT2D eigenvalue weighted by Crippen LogP contribution is -2.15. The molecule has 0 radical (unpaired) electrons. The number of ether oxygens (including phenoxy) is 4. The Morgan fingerprint density at radius 2 is 1.81 bits per heavy atom. The van der Waals surface area contributed by atoms with Crippen molar-refractivity contribution < 1.29 is 18.9 Å². The maximum absolute atomic E-state index is 6.59. The van der Waals surface area contributed by atoms with Crippen molar-refractivity contribution in [2.45, 2.75) is 25.3 Å². The van der Waals surface area contributed by atoms with Crippen molar-refractivity contribution >= 4 is 28.2 Å². The molecule has 1 saturated heterocycles. The van der Waals surface area contributed by atoms with Gasteiger partial charge in [0.15, 0.2) is 0 Å². The predicted molar refractivity (Wildman–Crippen MR) is 146 cm³/mol. The topological polar surface area (TPSA) is 74.7 Å². The molecule has 0 aliphatic carbocycles. The Hall–Kier alpha value is -3.55. The molecule has 0 saturated carbocycles. The number of rotatable bonds is 8. The number of benzene rings is 3. The Morgan fingerprint density at radius 1 is 0.973 bits per heavy atom. The monoisotopic (exact) mass is 519 g/mol. The van der Waals surface area contributed by atoms with Gasteiger partial charge in [0.1, 0.15) is 17.2 Å². The fourth-order valence-corrected chi connectivity index (χ4v) is 5.15. The van der Waals surface area contributed by atoms with E-state index in [2.05, 4.69) is 27.6 Å². The number of anilines is 1. The smallest absolute Gasteiger partial charge is 0.130 e. The van der Waals surface area contributed by atoms with Crippen LogP contribution in [0.3, 0.4) is 0 Å². The molecule has 0 spiro atoms. The number of hydrogen-bond acceptors (Lipinski definition) is 7. The van der Waals surface area contributed by atoms with Gasteiger partial charge >= 0.3 is 0 Å². The van der Waals surface area contributed by atoms with Crippen LogP contribution in [0.5, 0.6) is 17.2 Å². The van der Waals surface area contributed by atoms with E-state index in [0.29, 0.717) is 17.5 Å². The van der Waals surface area contributed by atoms with Crippen molar-refractivity contribution in [2.24, 2.45) is 0 Å². The van der Waals surface area contributed by atoms with Crippen molar-refractivity contribution in [3.8, 4) is 28.4 Å². The van der Waals surface area contributed by atoms with E-state index in [4.69, 9.17) is 30.5 Å². The van der Waals surface area contributed by atoms with Crippen LogP contribution in [0, 0.1) is 0 Å². The number of nitrogens with zero attached hydrogens (tertiary/aromatic N) is 2. The molecule has 4 aromatic rings. The van der Waals surface area contributed by atoms with Gasteiger partial charge in [-0.15, -0.1) is 0 Å². The summed E-state index contributed by atoms with van der Waals surface area (Å²) in [4.78, 5) is 0. The summed E-state index contributed by atoms with van der Waals surface area (Å²) in [6.07, 6.45) is 3.64. The van der Waals surface area contributed by atoms with Crippen LogP contribution in [0.4, 0.5) is 5.69 Å². The first kappa shape index (κ1) is 25.1. The van der Waals surface area contributed by atoms with Gasteiger partial charge in [-0.3, -0.25) is 0 Å². The van der Waals surface area contributed by atoms with E-state index >= 15 is 0 Å². The molecule has 1 aliphatic rings. The third-order valence-electron chi connectivity index (χ3n) is 6.86. The maximum atomic E-state index is 6.59. The summed E-state index contributed by atoms with van der Waals surface area (Å²) in [5, 5.41) is 13.8. The van der Waals surface area contributed by atoms with Crippen LogP contribution >= 0.6 is 11.6 Å². The van der Waals surface area contributed by atoms with Crippen molar-refractivity contribution in [1.82, 2.24) is 10.2 Å². The van der Waals surface area contributed by atoms with Gasteiger partial charge in [0, 0.05) is 47.4 Å². The SMILES string of the molecule is COc1ccc(CNc2cnnc3cc(-c4cc(Cl)cc(C5CCOCC5)c4OC)ccc23)c(OC)c1. The number of aromatic nitrogens is 2. The third kappa shape index (κ3) is 5.29. The average Bonchev–Trinajstić information content (AvgIpc) is 2.95. The Morgan fingerprint density at radius 3 is 2.57 bits per heavy atom. The van der Waals surface area contributed by atoms with Crippen molar-refractivity contribution in [3.05, 3.63) is 70.9 Å². The van der Waals surface area contributed by atoms with Crippen LogP contribution in [-0.2, 0) is 11.3 Å². The maximum Gasteiger partial charge on any atom is 0.130 e. The molecule has 3 aromatic carbocycles. The van der Waals surface area contributed by atoms with Crippen LogP contribution in [-0.4, -0.2) is 44.7 Å². The quantitative estimate of drug-likeness (QED) is 0.285. The average molecular weight is 520 g/mol. The molecule has 0 amide bonds. The molecule has 1 aromatic heterocycles. The molecule has 0 unspecified atom stereocenters. The summed E-state index contributed by atoms with van der Waals surface area (Å²) in [6.45, 7) is 2.06. The highest BCUT2D eigenvalue weighted by Gasteiger charge is 2.23. The predicted octanol–water partition coefficient (Wildman–Crippen LogP) is 6.48. The summed E-state index contributed by atoms with van der Waals surface area (Å²) in [7, 11) is 5.01. The third-order valence-corrected chi connectivity index (χ3v) is 7.08. The van der Waals surface area contributed by atoms with Crippen molar-refractivity contribution in [2.75, 3.05) is 39.9 Å². The van der Waals surface area contributed by atoms with E-state index in [1.807, 2.05) is 36.4 Å². The lowest BCUT2D eigenvalue weighted by Gasteiger charge is -2.25. The molecule has 1 fully saturated rings. The summed E-state index contributed by atoms with van der Waals surface area (Å²) < 4.78 is 22.3. The summed E-state index contributed by atoms with van der Waals surface area (Å²) >= 11 is 6.59. The number of methoxy groups -OCH3 is 3. The number of fused-ring (bicyclic) bond motifs is 1. The van der Waals surface area contributed by atoms with Gasteiger partial charge in [0.2, 0.25) is 0 Å². The molecule has 192 valence electrons. The molecule has 37 heavy (non-hydrogen) atoms. The van der Waals surface area contributed by atoms with Crippen LogP contribution in [0.25, 0.3) is 22.0 Å². The standard InChI is InChI=1S/C29H30ClN3O4/c1-34-22-6-4-20(28(15-22)35-2)16-31-27-17-32-33-26-12-19(5-7-23(26)27)25-14-21(30)13-24(29(25)36-3)18-8-10-37-11-9-18/h4-7,12-15,17-18H,8-11,16H2,1-3H3,(H,31,33). The zero-order valence-electron chi connectivity index (χ0n) is 21.2. The fraction of sp³-hybridized carbons (Fsp3) is 0.310. The van der Waals surface area contributed by atoms with E-state index in [9.17, 15) is 0 Å². The summed E-state index contributed by atoms with van der Waals surface area (Å²) in [5.41, 5.74) is 5.72. The van der Waals surface area contributed by atoms with E-state index in [0.717, 1.165) is 82.1 Å². The summed E-state index contributed by atoms with van der Waals surface area (Å²) in [6, 6.07) is 15.9. The molecule has 2 heterocycles. The minimum Gasteiger partial charge on any atom is -0.497 e. The Labute approximate surface area is 221 Å². The largest absolute Gasteiger partial charge is 0.497 e. The van der Waals surface area contributed by atoms with Gasteiger partial charge in [-0.1, -0.05) is 17.7 Å². The first-order chi connectivity index (χ1) is 18.1. The van der Waals surface area contributed by atoms with Crippen molar-refractivity contribution in [1.29, 1.82) is 0 Å². The number of hydrogen-bond donors (Lipinski definition) is 1. The van der Waals surface area contributed by atoms with Crippen LogP contribution in [0.2, 0.25) is 5.02 Å². The van der Waals surface area contributed by atoms with Gasteiger partial charge in [-0.25, -0.2) is 0 Å². The minimum atomic E-state index is 0.354. The molecule has 0 bridgehead atoms. The molecule has 1 aliphatic heterocycles. The van der Waals surface area contributed by atoms with E-state index in [1.54, 1.807) is 27.5 Å². The Kier molecular flexibility index (Phi) is 7.63. The molecule has 0 atom stereocenters. The van der Waals surface area contributed by atoms with E-state index < -0.39 is 0 Å². The van der Waals surface area contributed by atoms with Crippen LogP contribution < -0.4 is 19.5 Å². The molecule has 8 heteroatoms. The van der Waals surface area contributed by atoms with Gasteiger partial charge in [-0.2, -0.15) is 10.2 Å². The second-order valence-corrected chi connectivity index (χ2v) is 9.42. The highest BCUT2D eigenvalue weighted by atomic mass is 35.5. The Bertz CT molecular complexity index is 1410. The normalized spacial score (nSPS) is 13.9. The highest BCUT2D eigenvalue weighted by molar-refractivity contribution is 6.31. The van der Waals surface area contributed by atoms with Crippen LogP contribution in [0.1, 0.15) is 29.9 Å². The summed E-state index contributed by atoms with van der Waals surface area (Å²) in [5.74, 6) is 2.71. The zero-order chi connectivity index (χ0) is 25.8. The molecule has 5 rings (SSSR count). The Balaban J connectivity index is 1.47. The minimum absolute atomic E-state index is 0.354. The number of halogens is 1. The molecular weight excluding hydrogens is 490 g/mol. The van der Waals surface area contributed by atoms with Crippen molar-refractivity contribution in [3.63, 3.8) is 0 Å². The second-order valence-electron chi connectivity index (χ2n) is 8.98. The molecule has 7 nitrogen and oxygen atoms in total. The van der Waals surface area contributed by atoms with E-state index in [1.165, 1.54) is 0 Å². The van der Waals surface area contributed by atoms with Gasteiger partial charge in [0.25, 0.3) is 0 Å². The molecule has 1 N–H and O–H groups in total. The lowest BCUT2D eigenvalue weighted by atomic mass is 9.88. The van der Waals surface area contributed by atoms with Crippen LogP contribution in [0.15, 0.2) is 54.7 Å². The molecular formula is C29H30ClN3O4. The zero-order valence-corrected chi connectivity index (χ0v) is 22.0. The first-order valence-electron chi connectivity index (χ1n) is 12.3. The van der Waals surface area contributed by atoms with Gasteiger partial charge in [0.05, 0.1) is 38.7 Å². The van der Waals surface area contributed by atoms with Gasteiger partial charge < -0.3 is 24.3 Å². The fourth-order valence-electron chi connectivity index (χ4n) is 4.93. The second kappa shape index (κ2) is 11.2. The van der Waals surface area contributed by atoms with E-state index in [-0.39, 0.29) is 0 Å². The highest BCUT2D eigenvalue weighted by Crippen LogP contribution is 2.43. The van der Waals surface area contributed by atoms with Gasteiger partial charge in [-0.05, 0) is 66.3 Å². The lowest BCUT2D eigenvalue weighted by molar-refractivity contribution is 0.0848. The number of nitrogens with one attached hydrogen (secondary N) is 1.